The van der Waals surface area contributed by atoms with Crippen molar-refractivity contribution in [3.8, 4) is 5.75 Å². The third-order valence-corrected chi connectivity index (χ3v) is 3.78. The second-order valence-electron chi connectivity index (χ2n) is 3.80. The van der Waals surface area contributed by atoms with E-state index in [4.69, 9.17) is 14.7 Å². The Kier molecular flexibility index (Phi) is 2.91. The van der Waals surface area contributed by atoms with E-state index in [1.807, 2.05) is 30.3 Å². The van der Waals surface area contributed by atoms with Gasteiger partial charge in [0.25, 0.3) is 0 Å². The zero-order valence-corrected chi connectivity index (χ0v) is 10.1. The summed E-state index contributed by atoms with van der Waals surface area (Å²) in [6.07, 6.45) is 0. The molecule has 4 nitrogen and oxygen atoms in total. The van der Waals surface area contributed by atoms with Gasteiger partial charge in [-0.3, -0.25) is 0 Å². The van der Waals surface area contributed by atoms with Crippen molar-refractivity contribution in [3.05, 3.63) is 42.5 Å². The van der Waals surface area contributed by atoms with E-state index in [1.54, 1.807) is 23.9 Å². The average molecular weight is 259 g/mol. The van der Waals surface area contributed by atoms with E-state index >= 15 is 0 Å². The predicted molar refractivity (Wildman–Crippen MR) is 71.1 cm³/mol. The quantitative estimate of drug-likeness (QED) is 0.616. The van der Waals surface area contributed by atoms with E-state index in [1.165, 1.54) is 0 Å². The van der Waals surface area contributed by atoms with Crippen molar-refractivity contribution in [2.45, 2.75) is 9.79 Å². The summed E-state index contributed by atoms with van der Waals surface area (Å²) < 4.78 is 4.98. The lowest BCUT2D eigenvalue weighted by Gasteiger charge is -2.22. The van der Waals surface area contributed by atoms with Crippen molar-refractivity contribution < 1.29 is 14.7 Å². The molecule has 90 valence electrons. The van der Waals surface area contributed by atoms with E-state index in [0.717, 1.165) is 21.2 Å². The fraction of sp³-hybridized carbons (Fsp3) is 0. The van der Waals surface area contributed by atoms with Gasteiger partial charge in [0.05, 0.1) is 16.3 Å². The summed E-state index contributed by atoms with van der Waals surface area (Å²) in [5.41, 5.74) is 1.94. The number of nitrogens with one attached hydrogen (secondary N) is 1. The Bertz CT molecular complexity index is 591. The SMILES string of the molecule is OB(O)Oc1cccc2c1Sc1ccccc1N2. The molecule has 0 amide bonds. The van der Waals surface area contributed by atoms with Gasteiger partial charge in [0.15, 0.2) is 0 Å². The summed E-state index contributed by atoms with van der Waals surface area (Å²) in [6.45, 7) is 0. The summed E-state index contributed by atoms with van der Waals surface area (Å²) >= 11 is 1.54. The van der Waals surface area contributed by atoms with Crippen LogP contribution in [0.25, 0.3) is 0 Å². The van der Waals surface area contributed by atoms with Gasteiger partial charge in [-0.25, -0.2) is 0 Å². The Balaban J connectivity index is 2.02. The number of para-hydroxylation sites is 1. The molecule has 0 aliphatic carbocycles. The van der Waals surface area contributed by atoms with Crippen LogP contribution in [0.3, 0.4) is 0 Å². The lowest BCUT2D eigenvalue weighted by Crippen LogP contribution is -2.21. The van der Waals surface area contributed by atoms with Gasteiger partial charge in [-0.2, -0.15) is 0 Å². The summed E-state index contributed by atoms with van der Waals surface area (Å²) in [6, 6.07) is 13.4. The maximum absolute atomic E-state index is 8.91. The van der Waals surface area contributed by atoms with Crippen LogP contribution in [-0.4, -0.2) is 17.4 Å². The van der Waals surface area contributed by atoms with Crippen LogP contribution >= 0.6 is 11.8 Å². The number of benzene rings is 2. The van der Waals surface area contributed by atoms with Gasteiger partial charge in [0.2, 0.25) is 0 Å². The highest BCUT2D eigenvalue weighted by atomic mass is 32.2. The monoisotopic (exact) mass is 259 g/mol. The Hall–Kier alpha value is -1.63. The minimum absolute atomic E-state index is 0.453. The first kappa shape index (κ1) is 11.5. The molecule has 1 heterocycles. The van der Waals surface area contributed by atoms with E-state index in [-0.39, 0.29) is 0 Å². The average Bonchev–Trinajstić information content (AvgIpc) is 2.36. The topological polar surface area (TPSA) is 61.7 Å². The highest BCUT2D eigenvalue weighted by Crippen LogP contribution is 2.48. The third-order valence-electron chi connectivity index (χ3n) is 2.58. The number of hydrogen-bond acceptors (Lipinski definition) is 5. The Morgan fingerprint density at radius 1 is 1.00 bits per heavy atom. The lowest BCUT2D eigenvalue weighted by molar-refractivity contribution is 0.285. The zero-order valence-electron chi connectivity index (χ0n) is 9.33. The summed E-state index contributed by atoms with van der Waals surface area (Å²) in [7, 11) is -1.81. The predicted octanol–water partition coefficient (Wildman–Crippen LogP) is 2.24. The van der Waals surface area contributed by atoms with Crippen molar-refractivity contribution in [1.29, 1.82) is 0 Å². The molecule has 0 bridgehead atoms. The molecular formula is C12H10BNO3S. The number of fused-ring (bicyclic) bond motifs is 2. The zero-order chi connectivity index (χ0) is 12.5. The van der Waals surface area contributed by atoms with Crippen molar-refractivity contribution in [2.75, 3.05) is 5.32 Å². The second kappa shape index (κ2) is 4.57. The maximum atomic E-state index is 8.91. The minimum Gasteiger partial charge on any atom is -0.511 e. The largest absolute Gasteiger partial charge is 0.707 e. The lowest BCUT2D eigenvalue weighted by atomic mass is 10.2. The van der Waals surface area contributed by atoms with Gasteiger partial charge in [0.1, 0.15) is 5.75 Å². The van der Waals surface area contributed by atoms with E-state index in [9.17, 15) is 0 Å². The van der Waals surface area contributed by atoms with Crippen LogP contribution in [-0.2, 0) is 0 Å². The van der Waals surface area contributed by atoms with Crippen LogP contribution < -0.4 is 9.97 Å². The molecule has 3 N–H and O–H groups in total. The van der Waals surface area contributed by atoms with Crippen molar-refractivity contribution in [1.82, 2.24) is 0 Å². The molecule has 1 aliphatic rings. The molecule has 0 spiro atoms. The van der Waals surface area contributed by atoms with Crippen LogP contribution in [0.5, 0.6) is 5.75 Å². The number of hydrogen-bond donors (Lipinski definition) is 3. The molecule has 0 saturated heterocycles. The third kappa shape index (κ3) is 2.05. The Labute approximate surface area is 109 Å². The fourth-order valence-corrected chi connectivity index (χ4v) is 2.88. The Morgan fingerprint density at radius 2 is 1.78 bits per heavy atom. The highest BCUT2D eigenvalue weighted by Gasteiger charge is 2.21. The molecule has 1 aliphatic heterocycles. The molecule has 0 atom stereocenters. The van der Waals surface area contributed by atoms with Crippen molar-refractivity contribution >= 4 is 30.5 Å². The highest BCUT2D eigenvalue weighted by molar-refractivity contribution is 7.99. The first-order chi connectivity index (χ1) is 8.74. The molecule has 2 aromatic rings. The second-order valence-corrected chi connectivity index (χ2v) is 4.85. The van der Waals surface area contributed by atoms with Crippen LogP contribution in [0, 0.1) is 0 Å². The van der Waals surface area contributed by atoms with Gasteiger partial charge in [-0.1, -0.05) is 30.0 Å². The van der Waals surface area contributed by atoms with Crippen LogP contribution in [0.2, 0.25) is 0 Å². The molecule has 0 saturated carbocycles. The van der Waals surface area contributed by atoms with E-state index < -0.39 is 7.32 Å². The van der Waals surface area contributed by atoms with Gasteiger partial charge in [-0.05, 0) is 24.3 Å². The van der Waals surface area contributed by atoms with Gasteiger partial charge >= 0.3 is 7.32 Å². The van der Waals surface area contributed by atoms with Gasteiger partial charge < -0.3 is 20.0 Å². The van der Waals surface area contributed by atoms with E-state index in [2.05, 4.69) is 5.32 Å². The van der Waals surface area contributed by atoms with Crippen molar-refractivity contribution in [2.24, 2.45) is 0 Å². The normalized spacial score (nSPS) is 12.1. The molecular weight excluding hydrogens is 249 g/mol. The number of anilines is 2. The smallest absolute Gasteiger partial charge is 0.511 e. The first-order valence-electron chi connectivity index (χ1n) is 5.44. The van der Waals surface area contributed by atoms with Gasteiger partial charge in [0, 0.05) is 4.90 Å². The first-order valence-corrected chi connectivity index (χ1v) is 6.25. The van der Waals surface area contributed by atoms with Crippen LogP contribution in [0.15, 0.2) is 52.3 Å². The van der Waals surface area contributed by atoms with Gasteiger partial charge in [-0.15, -0.1) is 0 Å². The van der Waals surface area contributed by atoms with E-state index in [0.29, 0.717) is 5.75 Å². The summed E-state index contributed by atoms with van der Waals surface area (Å²) in [5.74, 6) is 0.453. The molecule has 0 radical (unpaired) electrons. The fourth-order valence-electron chi connectivity index (χ4n) is 1.84. The molecule has 3 rings (SSSR count). The molecule has 2 aromatic carbocycles. The summed E-state index contributed by atoms with van der Waals surface area (Å²) in [4.78, 5) is 1.93. The van der Waals surface area contributed by atoms with Crippen molar-refractivity contribution in [3.63, 3.8) is 0 Å². The molecule has 0 unspecified atom stereocenters. The Morgan fingerprint density at radius 3 is 2.61 bits per heavy atom. The van der Waals surface area contributed by atoms with Crippen LogP contribution in [0.1, 0.15) is 0 Å². The minimum atomic E-state index is -1.81. The molecule has 6 heteroatoms. The van der Waals surface area contributed by atoms with Crippen LogP contribution in [0.4, 0.5) is 11.4 Å². The standard InChI is InChI=1S/C12H10BNO3S/c15-13(16)17-10-6-3-5-9-12(10)18-11-7-2-1-4-8(11)14-9/h1-7,14-16H. The summed E-state index contributed by atoms with van der Waals surface area (Å²) in [5, 5.41) is 21.1. The number of rotatable bonds is 2. The molecule has 0 aromatic heterocycles. The molecule has 0 fully saturated rings. The maximum Gasteiger partial charge on any atom is 0.707 e. The molecule has 18 heavy (non-hydrogen) atoms.